The molecule has 0 aromatic rings. The topological polar surface area (TPSA) is 117 Å². The van der Waals surface area contributed by atoms with Crippen LogP contribution in [-0.2, 0) is 19.1 Å². The number of ketones is 1. The van der Waals surface area contributed by atoms with Crippen LogP contribution in [0.5, 0.6) is 0 Å². The van der Waals surface area contributed by atoms with Crippen molar-refractivity contribution in [3.05, 3.63) is 0 Å². The maximum Gasteiger partial charge on any atom is 0.311 e. The summed E-state index contributed by atoms with van der Waals surface area (Å²) in [4.78, 5) is 28.1. The van der Waals surface area contributed by atoms with Crippen LogP contribution in [-0.4, -0.2) is 88.7 Å². The van der Waals surface area contributed by atoms with Crippen molar-refractivity contribution < 1.29 is 34.4 Å². The van der Waals surface area contributed by atoms with Gasteiger partial charge in [0.2, 0.25) is 0 Å². The molecule has 8 nitrogen and oxygen atoms in total. The lowest BCUT2D eigenvalue weighted by molar-refractivity contribution is -0.177. The van der Waals surface area contributed by atoms with Crippen molar-refractivity contribution in [2.45, 2.75) is 123 Å². The molecule has 4 unspecified atom stereocenters. The van der Waals surface area contributed by atoms with Crippen molar-refractivity contribution in [3.63, 3.8) is 0 Å². The number of carbonyl (C=O) groups excluding carboxylic acids is 2. The molecule has 1 saturated heterocycles. The number of aliphatic hydroxyl groups excluding tert-OH is 3. The van der Waals surface area contributed by atoms with E-state index in [2.05, 4.69) is 6.92 Å². The molecule has 13 atom stereocenters. The Morgan fingerprint density at radius 1 is 0.919 bits per heavy atom. The molecule has 2 rings (SSSR count). The van der Waals surface area contributed by atoms with Crippen LogP contribution in [0.25, 0.3) is 0 Å². The van der Waals surface area contributed by atoms with Crippen molar-refractivity contribution >= 4 is 11.8 Å². The zero-order valence-electron chi connectivity index (χ0n) is 24.5. The number of Topliss-reactive ketones (excluding diaryl/α,β-unsaturated/α-hetero) is 1. The summed E-state index contributed by atoms with van der Waals surface area (Å²) in [5.41, 5.74) is 0. The number of hydrogen-bond donors (Lipinski definition) is 3. The zero-order chi connectivity index (χ0) is 28.2. The molecule has 37 heavy (non-hydrogen) atoms. The number of hydrogen-bond acceptors (Lipinski definition) is 8. The summed E-state index contributed by atoms with van der Waals surface area (Å²) in [6, 6.07) is -0.0355. The second-order valence-corrected chi connectivity index (χ2v) is 12.5. The molecule has 2 aliphatic rings. The van der Waals surface area contributed by atoms with Crippen LogP contribution in [0.4, 0.5) is 0 Å². The average Bonchev–Trinajstić information content (AvgIpc) is 2.84. The molecule has 1 aliphatic heterocycles. The normalized spacial score (nSPS) is 45.4. The summed E-state index contributed by atoms with van der Waals surface area (Å²) >= 11 is 0. The standard InChI is InChI=1S/C29H53NO7/c1-10-24-18(5)23(32)14-22(31)16(3)13-17(4)28(19(6)26(33)20(7)29(35)37-24)36-25-12-15(2)11-21(27(25)34)30(8)9/h15-21,23-28,32-34H,10-14H2,1-9H3/t15?,16-,17+,18-,19+,20-,21?,23-,24-,25?,26+,27?,28+/m1/s1. The monoisotopic (exact) mass is 527 g/mol. The fraction of sp³-hybridized carbons (Fsp3) is 0.931. The van der Waals surface area contributed by atoms with E-state index in [9.17, 15) is 24.9 Å². The van der Waals surface area contributed by atoms with Crippen molar-refractivity contribution in [1.82, 2.24) is 4.90 Å². The number of rotatable bonds is 4. The summed E-state index contributed by atoms with van der Waals surface area (Å²) in [5, 5.41) is 33.3. The molecular weight excluding hydrogens is 474 g/mol. The van der Waals surface area contributed by atoms with Gasteiger partial charge in [0.1, 0.15) is 11.9 Å². The first kappa shape index (κ1) is 32.2. The molecule has 1 aliphatic carbocycles. The highest BCUT2D eigenvalue weighted by Gasteiger charge is 2.43. The van der Waals surface area contributed by atoms with Gasteiger partial charge < -0.3 is 29.7 Å². The van der Waals surface area contributed by atoms with Gasteiger partial charge in [0, 0.05) is 30.2 Å². The van der Waals surface area contributed by atoms with Crippen molar-refractivity contribution in [2.24, 2.45) is 35.5 Å². The largest absolute Gasteiger partial charge is 0.462 e. The van der Waals surface area contributed by atoms with Crippen LogP contribution in [0.3, 0.4) is 0 Å². The van der Waals surface area contributed by atoms with Gasteiger partial charge in [-0.05, 0) is 58.5 Å². The van der Waals surface area contributed by atoms with Gasteiger partial charge in [-0.1, -0.05) is 41.5 Å². The Morgan fingerprint density at radius 3 is 2.11 bits per heavy atom. The van der Waals surface area contributed by atoms with Gasteiger partial charge in [-0.15, -0.1) is 0 Å². The van der Waals surface area contributed by atoms with Gasteiger partial charge in [-0.25, -0.2) is 0 Å². The molecule has 216 valence electrons. The lowest BCUT2D eigenvalue weighted by Crippen LogP contribution is -2.54. The van der Waals surface area contributed by atoms with E-state index in [1.54, 1.807) is 13.8 Å². The fourth-order valence-corrected chi connectivity index (χ4v) is 6.33. The minimum absolute atomic E-state index is 0.00568. The van der Waals surface area contributed by atoms with E-state index < -0.39 is 60.3 Å². The van der Waals surface area contributed by atoms with Crippen molar-refractivity contribution in [2.75, 3.05) is 14.1 Å². The van der Waals surface area contributed by atoms with E-state index >= 15 is 0 Å². The van der Waals surface area contributed by atoms with Gasteiger partial charge in [-0.2, -0.15) is 0 Å². The SMILES string of the molecule is CC[C@H]1OC(=O)[C@H](C)[C@@H](O)[C@H](C)[C@@H](OC2CC(C)CC(N(C)C)C2O)[C@@H](C)C[C@@H](C)C(=O)C[C@@H](O)[C@H]1C. The van der Waals surface area contributed by atoms with Gasteiger partial charge in [-0.3, -0.25) is 9.59 Å². The van der Waals surface area contributed by atoms with Gasteiger partial charge in [0.25, 0.3) is 0 Å². The minimum Gasteiger partial charge on any atom is -0.462 e. The summed E-state index contributed by atoms with van der Waals surface area (Å²) in [6.07, 6.45) is -1.48. The zero-order valence-corrected chi connectivity index (χ0v) is 24.5. The molecule has 0 aromatic carbocycles. The Bertz CT molecular complexity index is 746. The molecule has 0 amide bonds. The van der Waals surface area contributed by atoms with Crippen LogP contribution < -0.4 is 0 Å². The average molecular weight is 528 g/mol. The Labute approximate surface area is 224 Å². The smallest absolute Gasteiger partial charge is 0.311 e. The molecule has 2 fully saturated rings. The molecule has 0 spiro atoms. The number of ether oxygens (including phenoxy) is 2. The third kappa shape index (κ3) is 7.98. The molecular formula is C29H53NO7. The maximum atomic E-state index is 13.1. The number of carbonyl (C=O) groups is 2. The molecule has 0 bridgehead atoms. The molecule has 1 heterocycles. The Morgan fingerprint density at radius 2 is 1.54 bits per heavy atom. The summed E-state index contributed by atoms with van der Waals surface area (Å²) in [6.45, 7) is 13.2. The van der Waals surface area contributed by atoms with Crippen LogP contribution in [0.1, 0.15) is 80.6 Å². The summed E-state index contributed by atoms with van der Waals surface area (Å²) in [5.74, 6) is -2.26. The van der Waals surface area contributed by atoms with Gasteiger partial charge >= 0.3 is 5.97 Å². The first-order valence-electron chi connectivity index (χ1n) is 14.3. The maximum absolute atomic E-state index is 13.1. The molecule has 8 heteroatoms. The van der Waals surface area contributed by atoms with E-state index in [-0.39, 0.29) is 30.1 Å². The lowest BCUT2D eigenvalue weighted by atomic mass is 9.78. The quantitative estimate of drug-likeness (QED) is 0.478. The lowest BCUT2D eigenvalue weighted by Gasteiger charge is -2.44. The Hall–Kier alpha value is -1.06. The van der Waals surface area contributed by atoms with Crippen LogP contribution in [0, 0.1) is 35.5 Å². The molecule has 3 N–H and O–H groups in total. The van der Waals surface area contributed by atoms with Crippen LogP contribution >= 0.6 is 0 Å². The van der Waals surface area contributed by atoms with Gasteiger partial charge in [0.05, 0.1) is 36.4 Å². The summed E-state index contributed by atoms with van der Waals surface area (Å²) < 4.78 is 12.4. The predicted octanol–water partition coefficient (Wildman–Crippen LogP) is 3.05. The second kappa shape index (κ2) is 13.8. The van der Waals surface area contributed by atoms with E-state index in [1.807, 2.05) is 46.7 Å². The highest BCUT2D eigenvalue weighted by molar-refractivity contribution is 5.81. The van der Waals surface area contributed by atoms with Crippen LogP contribution in [0.2, 0.25) is 0 Å². The third-order valence-electron chi connectivity index (χ3n) is 9.10. The van der Waals surface area contributed by atoms with E-state index in [0.717, 1.165) is 6.42 Å². The highest BCUT2D eigenvalue weighted by atomic mass is 16.5. The van der Waals surface area contributed by atoms with Crippen LogP contribution in [0.15, 0.2) is 0 Å². The number of esters is 1. The van der Waals surface area contributed by atoms with Crippen molar-refractivity contribution in [1.29, 1.82) is 0 Å². The first-order valence-corrected chi connectivity index (χ1v) is 14.3. The molecule has 1 saturated carbocycles. The number of likely N-dealkylation sites (N-methyl/N-ethyl adjacent to an activating group) is 1. The number of aliphatic hydroxyl groups is 3. The van der Waals surface area contributed by atoms with E-state index in [1.165, 1.54) is 0 Å². The van der Waals surface area contributed by atoms with Crippen molar-refractivity contribution in [3.8, 4) is 0 Å². The first-order chi connectivity index (χ1) is 17.2. The summed E-state index contributed by atoms with van der Waals surface area (Å²) in [7, 11) is 3.91. The molecule has 0 radical (unpaired) electrons. The van der Waals surface area contributed by atoms with E-state index in [0.29, 0.717) is 25.2 Å². The number of nitrogens with zero attached hydrogens (tertiary/aromatic N) is 1. The van der Waals surface area contributed by atoms with Gasteiger partial charge in [0.15, 0.2) is 0 Å². The fourth-order valence-electron chi connectivity index (χ4n) is 6.33. The highest BCUT2D eigenvalue weighted by Crippen LogP contribution is 2.36. The van der Waals surface area contributed by atoms with E-state index in [4.69, 9.17) is 9.47 Å². The third-order valence-corrected chi connectivity index (χ3v) is 9.10. The Balaban J connectivity index is 2.39. The minimum atomic E-state index is -1.03. The Kier molecular flexibility index (Phi) is 12.0. The number of cyclic esters (lactones) is 1. The predicted molar refractivity (Wildman–Crippen MR) is 143 cm³/mol. The molecule has 0 aromatic heterocycles. The second-order valence-electron chi connectivity index (χ2n) is 12.5.